The van der Waals surface area contributed by atoms with Gasteiger partial charge in [0.1, 0.15) is 0 Å². The van der Waals surface area contributed by atoms with E-state index in [2.05, 4.69) is 21.7 Å². The van der Waals surface area contributed by atoms with Crippen molar-refractivity contribution in [1.29, 1.82) is 0 Å². The summed E-state index contributed by atoms with van der Waals surface area (Å²) >= 11 is 0. The van der Waals surface area contributed by atoms with E-state index in [-0.39, 0.29) is 35.3 Å². The maximum atomic E-state index is 12.6. The minimum Gasteiger partial charge on any atom is -0.377 e. The number of ether oxygens (including phenoxy) is 1. The summed E-state index contributed by atoms with van der Waals surface area (Å²) in [5, 5.41) is 6.73. The highest BCUT2D eigenvalue weighted by atomic mass is 127. The van der Waals surface area contributed by atoms with Crippen LogP contribution in [0.1, 0.15) is 38.5 Å². The quantitative estimate of drug-likeness (QED) is 0.274. The minimum absolute atomic E-state index is 0. The Hall–Kier alpha value is -0.830. The summed E-state index contributed by atoms with van der Waals surface area (Å²) in [6.45, 7) is 3.06. The van der Waals surface area contributed by atoms with E-state index < -0.39 is 0 Å². The number of nitrogens with zero attached hydrogens (tertiary/aromatic N) is 2. The zero-order valence-corrected chi connectivity index (χ0v) is 18.1. The molecule has 2 rings (SSSR count). The van der Waals surface area contributed by atoms with Gasteiger partial charge in [-0.25, -0.2) is 0 Å². The summed E-state index contributed by atoms with van der Waals surface area (Å²) in [7, 11) is 5.46. The van der Waals surface area contributed by atoms with Crippen LogP contribution >= 0.6 is 24.0 Å². The van der Waals surface area contributed by atoms with Crippen LogP contribution in [0.5, 0.6) is 0 Å². The lowest BCUT2D eigenvalue weighted by Gasteiger charge is -2.31. The first-order valence-corrected chi connectivity index (χ1v) is 8.99. The van der Waals surface area contributed by atoms with Crippen molar-refractivity contribution >= 4 is 35.8 Å². The van der Waals surface area contributed by atoms with Crippen LogP contribution in [-0.4, -0.2) is 64.2 Å². The fourth-order valence-corrected chi connectivity index (χ4v) is 3.60. The molecule has 144 valence electrons. The standard InChI is InChI=1S/C18H32N4O2.HI/c1-19-17(20-11-6-15-7-12-24-13-8-15)21-14-18(9-4-5-10-18)16(23)22(2)3;/h7H,4-6,8-14H2,1-3H3,(H2,19,20,21);1H. The number of aliphatic imine (C=N–C) groups is 1. The van der Waals surface area contributed by atoms with E-state index in [9.17, 15) is 4.79 Å². The van der Waals surface area contributed by atoms with Crippen LogP contribution in [0.15, 0.2) is 16.6 Å². The third-order valence-electron chi connectivity index (χ3n) is 5.03. The highest BCUT2D eigenvalue weighted by molar-refractivity contribution is 14.0. The van der Waals surface area contributed by atoms with Gasteiger partial charge in [0.15, 0.2) is 5.96 Å². The Kier molecular flexibility index (Phi) is 9.78. The molecule has 0 spiro atoms. The minimum atomic E-state index is -0.273. The van der Waals surface area contributed by atoms with Gasteiger partial charge in [-0.05, 0) is 25.7 Å². The molecule has 1 heterocycles. The van der Waals surface area contributed by atoms with E-state index in [1.165, 1.54) is 5.57 Å². The van der Waals surface area contributed by atoms with Crippen LogP contribution < -0.4 is 10.6 Å². The van der Waals surface area contributed by atoms with Gasteiger partial charge in [0.05, 0.1) is 18.6 Å². The molecule has 0 bridgehead atoms. The van der Waals surface area contributed by atoms with Crippen molar-refractivity contribution in [3.05, 3.63) is 11.6 Å². The summed E-state index contributed by atoms with van der Waals surface area (Å²) in [5.74, 6) is 1.01. The van der Waals surface area contributed by atoms with Crippen LogP contribution in [0.4, 0.5) is 0 Å². The van der Waals surface area contributed by atoms with Gasteiger partial charge in [0, 0.05) is 34.2 Å². The second-order valence-electron chi connectivity index (χ2n) is 6.98. The lowest BCUT2D eigenvalue weighted by Crippen LogP contribution is -2.49. The molecule has 0 aromatic heterocycles. The molecule has 1 fully saturated rings. The fourth-order valence-electron chi connectivity index (χ4n) is 3.60. The molecule has 0 aromatic carbocycles. The average Bonchev–Trinajstić information content (AvgIpc) is 3.08. The molecule has 2 aliphatic rings. The molecule has 1 amide bonds. The number of carbonyl (C=O) groups excluding carboxylic acids is 1. The molecular weight excluding hydrogens is 431 g/mol. The van der Waals surface area contributed by atoms with Gasteiger partial charge in [0.2, 0.25) is 5.91 Å². The Morgan fingerprint density at radius 1 is 1.32 bits per heavy atom. The Morgan fingerprint density at radius 3 is 2.60 bits per heavy atom. The average molecular weight is 464 g/mol. The number of hydrogen-bond acceptors (Lipinski definition) is 3. The van der Waals surface area contributed by atoms with E-state index in [1.807, 2.05) is 14.1 Å². The van der Waals surface area contributed by atoms with E-state index in [4.69, 9.17) is 4.74 Å². The summed E-state index contributed by atoms with van der Waals surface area (Å²) in [6, 6.07) is 0. The fraction of sp³-hybridized carbons (Fsp3) is 0.778. The normalized spacial score (nSPS) is 19.6. The molecule has 7 heteroatoms. The predicted molar refractivity (Wildman–Crippen MR) is 113 cm³/mol. The molecule has 0 atom stereocenters. The van der Waals surface area contributed by atoms with Crippen molar-refractivity contribution in [1.82, 2.24) is 15.5 Å². The lowest BCUT2D eigenvalue weighted by molar-refractivity contribution is -0.138. The largest absolute Gasteiger partial charge is 0.377 e. The van der Waals surface area contributed by atoms with Gasteiger partial charge < -0.3 is 20.3 Å². The van der Waals surface area contributed by atoms with Crippen molar-refractivity contribution < 1.29 is 9.53 Å². The maximum Gasteiger partial charge on any atom is 0.230 e. The van der Waals surface area contributed by atoms with Crippen LogP contribution in [0, 0.1) is 5.41 Å². The first kappa shape index (κ1) is 22.2. The summed E-state index contributed by atoms with van der Waals surface area (Å²) in [6.07, 6.45) is 8.37. The first-order chi connectivity index (χ1) is 11.6. The second kappa shape index (κ2) is 11.0. The highest BCUT2D eigenvalue weighted by Gasteiger charge is 2.42. The molecule has 2 N–H and O–H groups in total. The molecule has 0 saturated heterocycles. The lowest BCUT2D eigenvalue weighted by atomic mass is 9.84. The smallest absolute Gasteiger partial charge is 0.230 e. The highest BCUT2D eigenvalue weighted by Crippen LogP contribution is 2.38. The summed E-state index contributed by atoms with van der Waals surface area (Å²) in [4.78, 5) is 18.6. The van der Waals surface area contributed by atoms with Gasteiger partial charge in [0.25, 0.3) is 0 Å². The molecule has 1 saturated carbocycles. The molecule has 0 radical (unpaired) electrons. The van der Waals surface area contributed by atoms with Crippen molar-refractivity contribution in [2.45, 2.75) is 38.5 Å². The third-order valence-corrected chi connectivity index (χ3v) is 5.03. The SMILES string of the molecule is CN=C(NCCC1=CCOCC1)NCC1(C(=O)N(C)C)CCCC1.I. The van der Waals surface area contributed by atoms with Crippen LogP contribution in [0.2, 0.25) is 0 Å². The Morgan fingerprint density at radius 2 is 2.04 bits per heavy atom. The Balaban J connectivity index is 0.00000312. The van der Waals surface area contributed by atoms with E-state index in [1.54, 1.807) is 11.9 Å². The predicted octanol–water partition coefficient (Wildman–Crippen LogP) is 2.15. The van der Waals surface area contributed by atoms with Gasteiger partial charge in [-0.15, -0.1) is 24.0 Å². The number of carbonyl (C=O) groups is 1. The van der Waals surface area contributed by atoms with Gasteiger partial charge in [-0.1, -0.05) is 24.5 Å². The van der Waals surface area contributed by atoms with Crippen molar-refractivity contribution in [3.63, 3.8) is 0 Å². The van der Waals surface area contributed by atoms with Crippen LogP contribution in [-0.2, 0) is 9.53 Å². The second-order valence-corrected chi connectivity index (χ2v) is 6.98. The van der Waals surface area contributed by atoms with Gasteiger partial charge in [-0.3, -0.25) is 9.79 Å². The molecular formula is C18H33IN4O2. The van der Waals surface area contributed by atoms with E-state index >= 15 is 0 Å². The molecule has 6 nitrogen and oxygen atoms in total. The molecule has 0 aromatic rings. The third kappa shape index (κ3) is 6.44. The number of amides is 1. The van der Waals surface area contributed by atoms with Gasteiger partial charge >= 0.3 is 0 Å². The molecule has 25 heavy (non-hydrogen) atoms. The monoisotopic (exact) mass is 464 g/mol. The van der Waals surface area contributed by atoms with E-state index in [0.717, 1.165) is 64.2 Å². The first-order valence-electron chi connectivity index (χ1n) is 8.99. The Labute approximate surface area is 168 Å². The number of nitrogens with one attached hydrogen (secondary N) is 2. The topological polar surface area (TPSA) is 66.0 Å². The summed E-state index contributed by atoms with van der Waals surface area (Å²) in [5.41, 5.74) is 1.17. The zero-order valence-electron chi connectivity index (χ0n) is 15.8. The van der Waals surface area contributed by atoms with Crippen molar-refractivity contribution in [3.8, 4) is 0 Å². The molecule has 1 aliphatic heterocycles. The zero-order chi connectivity index (χ0) is 17.4. The Bertz CT molecular complexity index is 485. The maximum absolute atomic E-state index is 12.6. The van der Waals surface area contributed by atoms with Crippen molar-refractivity contribution in [2.24, 2.45) is 10.4 Å². The van der Waals surface area contributed by atoms with Crippen molar-refractivity contribution in [2.75, 3.05) is 47.4 Å². The summed E-state index contributed by atoms with van der Waals surface area (Å²) < 4.78 is 5.33. The van der Waals surface area contributed by atoms with E-state index in [0.29, 0.717) is 6.54 Å². The number of hydrogen-bond donors (Lipinski definition) is 2. The number of guanidine groups is 1. The van der Waals surface area contributed by atoms with Crippen LogP contribution in [0.25, 0.3) is 0 Å². The number of halogens is 1. The van der Waals surface area contributed by atoms with Crippen LogP contribution in [0.3, 0.4) is 0 Å². The molecule has 0 unspecified atom stereocenters. The molecule has 1 aliphatic carbocycles. The van der Waals surface area contributed by atoms with Gasteiger partial charge in [-0.2, -0.15) is 0 Å². The number of rotatable bonds is 6.